The van der Waals surface area contributed by atoms with Gasteiger partial charge in [0.25, 0.3) is 5.56 Å². The van der Waals surface area contributed by atoms with E-state index in [0.29, 0.717) is 0 Å². The highest BCUT2D eigenvalue weighted by Gasteiger charge is 2.06. The van der Waals surface area contributed by atoms with Crippen molar-refractivity contribution in [2.24, 2.45) is 7.05 Å². The normalized spacial score (nSPS) is 9.92. The van der Waals surface area contributed by atoms with E-state index in [1.165, 1.54) is 16.7 Å². The zero-order valence-electron chi connectivity index (χ0n) is 7.31. The highest BCUT2D eigenvalue weighted by Crippen LogP contribution is 1.98. The van der Waals surface area contributed by atoms with E-state index in [9.17, 15) is 4.79 Å². The monoisotopic (exact) mass is 169 g/mol. The number of hydrogen-bond acceptors (Lipinski definition) is 4. The van der Waals surface area contributed by atoms with E-state index in [1.54, 1.807) is 26.5 Å². The number of anilines is 1. The summed E-state index contributed by atoms with van der Waals surface area (Å²) in [5.74, 6) is 0.280. The molecule has 0 saturated carbocycles. The fourth-order valence-corrected chi connectivity index (χ4v) is 0.787. The lowest BCUT2D eigenvalue weighted by atomic mass is 10.6. The lowest BCUT2D eigenvalue weighted by molar-refractivity contribution is 0.181. The molecule has 1 aromatic heterocycles. The molecule has 0 bridgehead atoms. The Hall–Kier alpha value is -1.36. The molecule has 0 aliphatic rings. The molecule has 0 aromatic carbocycles. The molecule has 66 valence electrons. The Morgan fingerprint density at radius 3 is 2.92 bits per heavy atom. The molecule has 0 amide bonds. The van der Waals surface area contributed by atoms with Gasteiger partial charge in [0, 0.05) is 26.5 Å². The van der Waals surface area contributed by atoms with Crippen LogP contribution in [0.2, 0.25) is 0 Å². The van der Waals surface area contributed by atoms with Crippen LogP contribution < -0.4 is 10.6 Å². The predicted octanol–water partition coefficient (Wildman–Crippen LogP) is -0.222. The maximum atomic E-state index is 11.3. The summed E-state index contributed by atoms with van der Waals surface area (Å²) in [6.07, 6.45) is 3.14. The van der Waals surface area contributed by atoms with Crippen LogP contribution in [0.3, 0.4) is 0 Å². The molecule has 5 heteroatoms. The molecular formula is C7H11N3O2. The summed E-state index contributed by atoms with van der Waals surface area (Å²) >= 11 is 0. The fraction of sp³-hybridized carbons (Fsp3) is 0.429. The molecular weight excluding hydrogens is 158 g/mol. The Balaban J connectivity index is 3.17. The van der Waals surface area contributed by atoms with Crippen molar-refractivity contribution in [3.05, 3.63) is 22.7 Å². The van der Waals surface area contributed by atoms with Crippen molar-refractivity contribution in [2.75, 3.05) is 19.2 Å². The molecule has 1 aromatic rings. The predicted molar refractivity (Wildman–Crippen MR) is 44.9 cm³/mol. The maximum Gasteiger partial charge on any atom is 0.295 e. The molecule has 0 fully saturated rings. The van der Waals surface area contributed by atoms with Crippen LogP contribution in [-0.2, 0) is 11.9 Å². The quantitative estimate of drug-likeness (QED) is 0.574. The highest BCUT2D eigenvalue weighted by molar-refractivity contribution is 5.30. The largest absolute Gasteiger partial charge is 0.314 e. The fourth-order valence-electron chi connectivity index (χ4n) is 0.787. The molecule has 1 rings (SSSR count). The number of aryl methyl sites for hydroxylation is 1. The Labute approximate surface area is 70.2 Å². The Morgan fingerprint density at radius 2 is 2.33 bits per heavy atom. The number of hydroxylamine groups is 1. The second-order valence-corrected chi connectivity index (χ2v) is 2.35. The molecule has 0 atom stereocenters. The van der Waals surface area contributed by atoms with Gasteiger partial charge in [-0.1, -0.05) is 0 Å². The molecule has 5 nitrogen and oxygen atoms in total. The molecule has 12 heavy (non-hydrogen) atoms. The topological polar surface area (TPSA) is 47.4 Å². The van der Waals surface area contributed by atoms with Gasteiger partial charge in [-0.2, -0.15) is 0 Å². The van der Waals surface area contributed by atoms with Gasteiger partial charge in [-0.25, -0.2) is 10.0 Å². The van der Waals surface area contributed by atoms with Crippen molar-refractivity contribution in [3.63, 3.8) is 0 Å². The summed E-state index contributed by atoms with van der Waals surface area (Å²) in [6.45, 7) is 0. The SMILES string of the molecule is CON(C)c1nccn(C)c1=O. The van der Waals surface area contributed by atoms with Gasteiger partial charge in [0.15, 0.2) is 0 Å². The van der Waals surface area contributed by atoms with Crippen LogP contribution in [0, 0.1) is 0 Å². The van der Waals surface area contributed by atoms with Crippen molar-refractivity contribution in [1.82, 2.24) is 9.55 Å². The second kappa shape index (κ2) is 3.36. The van der Waals surface area contributed by atoms with E-state index >= 15 is 0 Å². The molecule has 0 radical (unpaired) electrons. The zero-order chi connectivity index (χ0) is 9.14. The number of aromatic nitrogens is 2. The molecule has 1 heterocycles. The third-order valence-electron chi connectivity index (χ3n) is 1.57. The van der Waals surface area contributed by atoms with Gasteiger partial charge < -0.3 is 4.57 Å². The van der Waals surface area contributed by atoms with Crippen molar-refractivity contribution < 1.29 is 4.84 Å². The third-order valence-corrected chi connectivity index (χ3v) is 1.57. The molecule has 0 aliphatic carbocycles. The Kier molecular flexibility index (Phi) is 2.44. The van der Waals surface area contributed by atoms with Crippen molar-refractivity contribution >= 4 is 5.82 Å². The van der Waals surface area contributed by atoms with E-state index in [-0.39, 0.29) is 11.4 Å². The average molecular weight is 169 g/mol. The smallest absolute Gasteiger partial charge is 0.295 e. The Bertz CT molecular complexity index is 321. The van der Waals surface area contributed by atoms with Gasteiger partial charge in [-0.3, -0.25) is 9.63 Å². The minimum Gasteiger partial charge on any atom is -0.314 e. The summed E-state index contributed by atoms with van der Waals surface area (Å²) in [6, 6.07) is 0. The Morgan fingerprint density at radius 1 is 1.67 bits per heavy atom. The van der Waals surface area contributed by atoms with E-state index in [4.69, 9.17) is 4.84 Å². The minimum absolute atomic E-state index is 0.179. The molecule has 0 spiro atoms. The van der Waals surface area contributed by atoms with E-state index in [2.05, 4.69) is 4.98 Å². The van der Waals surface area contributed by atoms with E-state index in [1.807, 2.05) is 0 Å². The van der Waals surface area contributed by atoms with Crippen molar-refractivity contribution in [1.29, 1.82) is 0 Å². The number of rotatable bonds is 2. The highest BCUT2D eigenvalue weighted by atomic mass is 16.7. The van der Waals surface area contributed by atoms with Crippen LogP contribution in [-0.4, -0.2) is 23.7 Å². The standard InChI is InChI=1S/C7H11N3O2/c1-9-5-4-8-6(7(9)11)10(2)12-3/h4-5H,1-3H3. The molecule has 0 N–H and O–H groups in total. The van der Waals surface area contributed by atoms with Crippen molar-refractivity contribution in [3.8, 4) is 0 Å². The summed E-state index contributed by atoms with van der Waals surface area (Å²) in [7, 11) is 4.77. The second-order valence-electron chi connectivity index (χ2n) is 2.35. The molecule has 0 unspecified atom stereocenters. The van der Waals surface area contributed by atoms with Crippen LogP contribution in [0.25, 0.3) is 0 Å². The van der Waals surface area contributed by atoms with Gasteiger partial charge in [-0.05, 0) is 0 Å². The van der Waals surface area contributed by atoms with Gasteiger partial charge in [0.05, 0.1) is 7.11 Å². The van der Waals surface area contributed by atoms with Gasteiger partial charge >= 0.3 is 0 Å². The number of hydrogen-bond donors (Lipinski definition) is 0. The summed E-state index contributed by atoms with van der Waals surface area (Å²) in [4.78, 5) is 20.1. The first-order chi connectivity index (χ1) is 5.66. The lowest BCUT2D eigenvalue weighted by Crippen LogP contribution is -2.28. The molecule has 0 aliphatic heterocycles. The lowest BCUT2D eigenvalue weighted by Gasteiger charge is -2.13. The summed E-state index contributed by atoms with van der Waals surface area (Å²) in [5.41, 5.74) is -0.179. The van der Waals surface area contributed by atoms with Gasteiger partial charge in [0.1, 0.15) is 0 Å². The van der Waals surface area contributed by atoms with Crippen molar-refractivity contribution in [2.45, 2.75) is 0 Å². The van der Waals surface area contributed by atoms with Crippen LogP contribution in [0.1, 0.15) is 0 Å². The first-order valence-corrected chi connectivity index (χ1v) is 3.46. The van der Waals surface area contributed by atoms with Crippen LogP contribution in [0.4, 0.5) is 5.82 Å². The van der Waals surface area contributed by atoms with Gasteiger partial charge in [0.2, 0.25) is 5.82 Å². The van der Waals surface area contributed by atoms with Crippen LogP contribution in [0.15, 0.2) is 17.2 Å². The summed E-state index contributed by atoms with van der Waals surface area (Å²) < 4.78 is 1.44. The maximum absolute atomic E-state index is 11.3. The summed E-state index contributed by atoms with van der Waals surface area (Å²) in [5, 5.41) is 1.32. The first kappa shape index (κ1) is 8.73. The average Bonchev–Trinajstić information content (AvgIpc) is 2.08. The van der Waals surface area contributed by atoms with Crippen LogP contribution in [0.5, 0.6) is 0 Å². The van der Waals surface area contributed by atoms with Gasteiger partial charge in [-0.15, -0.1) is 0 Å². The third kappa shape index (κ3) is 1.45. The van der Waals surface area contributed by atoms with E-state index in [0.717, 1.165) is 0 Å². The first-order valence-electron chi connectivity index (χ1n) is 3.46. The van der Waals surface area contributed by atoms with Crippen LogP contribution >= 0.6 is 0 Å². The number of nitrogens with zero attached hydrogens (tertiary/aromatic N) is 3. The van der Waals surface area contributed by atoms with E-state index < -0.39 is 0 Å². The minimum atomic E-state index is -0.179. The molecule has 0 saturated heterocycles. The zero-order valence-corrected chi connectivity index (χ0v) is 7.31.